The molecule has 2 aromatic heterocycles. The van der Waals surface area contributed by atoms with Gasteiger partial charge in [-0.05, 0) is 95.3 Å². The summed E-state index contributed by atoms with van der Waals surface area (Å²) in [7, 11) is 3.97. The summed E-state index contributed by atoms with van der Waals surface area (Å²) >= 11 is 0. The van der Waals surface area contributed by atoms with Crippen molar-refractivity contribution in [3.8, 4) is 0 Å². The van der Waals surface area contributed by atoms with E-state index in [1.165, 1.54) is 96.3 Å². The molecule has 0 aromatic carbocycles. The van der Waals surface area contributed by atoms with Crippen LogP contribution in [0, 0.1) is 11.8 Å². The Kier molecular flexibility index (Phi) is 15.8. The summed E-state index contributed by atoms with van der Waals surface area (Å²) in [6.45, 7) is 6.34. The second-order valence-corrected chi connectivity index (χ2v) is 15.0. The fraction of sp³-hybridized carbons (Fsp3) is 0.795. The second kappa shape index (κ2) is 20.0. The van der Waals surface area contributed by atoms with Crippen LogP contribution in [0.5, 0.6) is 0 Å². The van der Waals surface area contributed by atoms with Crippen molar-refractivity contribution in [2.45, 2.75) is 174 Å². The van der Waals surface area contributed by atoms with Crippen molar-refractivity contribution in [1.29, 1.82) is 0 Å². The average Bonchev–Trinajstić information content (AvgIpc) is 3.63. The molecule has 4 rings (SSSR count). The van der Waals surface area contributed by atoms with Gasteiger partial charge in [0.05, 0.1) is 27.2 Å². The first-order valence-corrected chi connectivity index (χ1v) is 19.6. The molecular weight excluding hydrogens is 584 g/mol. The number of nitrogens with one attached hydrogen (secondary N) is 2. The molecule has 2 heterocycles. The fourth-order valence-corrected chi connectivity index (χ4v) is 8.17. The summed E-state index contributed by atoms with van der Waals surface area (Å²) in [5, 5.41) is 6.77. The average molecular weight is 653 g/mol. The highest BCUT2D eigenvalue weighted by molar-refractivity contribution is 5.90. The highest BCUT2D eigenvalue weighted by Crippen LogP contribution is 2.35. The Morgan fingerprint density at radius 2 is 0.957 bits per heavy atom. The molecule has 2 aliphatic carbocycles. The number of carbonyl (C=O) groups excluding carboxylic acids is 2. The van der Waals surface area contributed by atoms with Crippen LogP contribution in [0.3, 0.4) is 0 Å². The SMILES string of the molecule is CCCCCCCCn1cc[n+](C)c1C(=O)NC1CCC(CC2CCC(NC(=O)c3n(CCCCCCCC)cc[n+]3C)CC2)CC1. The molecule has 2 fully saturated rings. The molecule has 8 nitrogen and oxygen atoms in total. The Morgan fingerprint density at radius 1 is 0.596 bits per heavy atom. The van der Waals surface area contributed by atoms with Crippen LogP contribution in [0.25, 0.3) is 0 Å². The van der Waals surface area contributed by atoms with E-state index in [0.717, 1.165) is 75.1 Å². The number of hydrogen-bond acceptors (Lipinski definition) is 2. The van der Waals surface area contributed by atoms with Crippen LogP contribution in [-0.2, 0) is 27.2 Å². The summed E-state index contributed by atoms with van der Waals surface area (Å²) in [6.07, 6.45) is 33.7. The van der Waals surface area contributed by atoms with Crippen LogP contribution < -0.4 is 19.8 Å². The normalized spacial score (nSPS) is 21.5. The monoisotopic (exact) mass is 653 g/mol. The van der Waals surface area contributed by atoms with Gasteiger partial charge in [-0.3, -0.25) is 9.59 Å². The number of rotatable bonds is 20. The number of hydrogen-bond donors (Lipinski definition) is 2. The molecule has 0 unspecified atom stereocenters. The molecule has 0 aliphatic heterocycles. The summed E-state index contributed by atoms with van der Waals surface area (Å²) in [5.41, 5.74) is 0. The van der Waals surface area contributed by atoms with E-state index in [2.05, 4.69) is 46.0 Å². The van der Waals surface area contributed by atoms with Gasteiger partial charge in [-0.25, -0.2) is 18.3 Å². The zero-order valence-corrected chi connectivity index (χ0v) is 30.5. The summed E-state index contributed by atoms with van der Waals surface area (Å²) in [6, 6.07) is 0.562. The number of amides is 2. The van der Waals surface area contributed by atoms with Crippen LogP contribution in [0.4, 0.5) is 0 Å². The van der Waals surface area contributed by atoms with Gasteiger partial charge in [-0.1, -0.05) is 65.2 Å². The second-order valence-electron chi connectivity index (χ2n) is 15.0. The van der Waals surface area contributed by atoms with Gasteiger partial charge in [-0.2, -0.15) is 0 Å². The van der Waals surface area contributed by atoms with Crippen molar-refractivity contribution in [1.82, 2.24) is 19.8 Å². The first-order valence-electron chi connectivity index (χ1n) is 19.6. The lowest BCUT2D eigenvalue weighted by molar-refractivity contribution is -0.673. The summed E-state index contributed by atoms with van der Waals surface area (Å²) in [5.74, 6) is 3.24. The number of imidazole rings is 2. The lowest BCUT2D eigenvalue weighted by Crippen LogP contribution is -2.45. The van der Waals surface area contributed by atoms with E-state index in [4.69, 9.17) is 0 Å². The molecule has 47 heavy (non-hydrogen) atoms. The zero-order valence-electron chi connectivity index (χ0n) is 30.5. The number of nitrogens with zero attached hydrogens (tertiary/aromatic N) is 4. The molecular formula is C39H68N6O2+2. The largest absolute Gasteiger partial charge is 0.347 e. The van der Waals surface area contributed by atoms with Gasteiger partial charge >= 0.3 is 23.5 Å². The molecule has 0 radical (unpaired) electrons. The van der Waals surface area contributed by atoms with E-state index in [1.54, 1.807) is 0 Å². The van der Waals surface area contributed by atoms with Crippen LogP contribution >= 0.6 is 0 Å². The number of unbranched alkanes of at least 4 members (excludes halogenated alkanes) is 10. The Bertz CT molecular complexity index is 1110. The molecule has 2 N–H and O–H groups in total. The third-order valence-corrected chi connectivity index (χ3v) is 11.1. The molecule has 0 atom stereocenters. The number of aryl methyl sites for hydroxylation is 4. The van der Waals surface area contributed by atoms with Crippen molar-refractivity contribution in [3.05, 3.63) is 36.4 Å². The van der Waals surface area contributed by atoms with E-state index < -0.39 is 0 Å². The molecule has 2 saturated carbocycles. The van der Waals surface area contributed by atoms with Crippen molar-refractivity contribution in [2.75, 3.05) is 0 Å². The first kappa shape index (κ1) is 37.2. The molecule has 0 spiro atoms. The highest BCUT2D eigenvalue weighted by Gasteiger charge is 2.32. The molecule has 264 valence electrons. The van der Waals surface area contributed by atoms with Crippen molar-refractivity contribution in [2.24, 2.45) is 25.9 Å². The van der Waals surface area contributed by atoms with Crippen molar-refractivity contribution in [3.63, 3.8) is 0 Å². The molecule has 2 aliphatic rings. The number of carbonyl (C=O) groups is 2. The Labute approximate surface area is 286 Å². The third kappa shape index (κ3) is 11.8. The van der Waals surface area contributed by atoms with E-state index in [-0.39, 0.29) is 23.9 Å². The maximum Gasteiger partial charge on any atom is 0.347 e. The maximum absolute atomic E-state index is 13.3. The van der Waals surface area contributed by atoms with Gasteiger partial charge in [0.1, 0.15) is 24.8 Å². The Hall–Kier alpha value is -2.64. The van der Waals surface area contributed by atoms with Gasteiger partial charge in [-0.15, -0.1) is 0 Å². The predicted molar refractivity (Wildman–Crippen MR) is 189 cm³/mol. The smallest absolute Gasteiger partial charge is 0.343 e. The molecule has 2 aromatic rings. The molecule has 0 bridgehead atoms. The van der Waals surface area contributed by atoms with Crippen LogP contribution in [-0.4, -0.2) is 33.0 Å². The quantitative estimate of drug-likeness (QED) is 0.116. The van der Waals surface area contributed by atoms with Gasteiger partial charge in [0.15, 0.2) is 0 Å². The Morgan fingerprint density at radius 3 is 1.34 bits per heavy atom. The standard InChI is InChI=1S/C39H66N6O2/c1-5-7-9-11-13-15-25-44-29-27-42(3)38(44)36(46)40-34-21-17-32(18-22-34)31-33-19-23-35(24-20-33)41-37(47)39-43(4)28-30-45(39)26-16-14-12-10-8-6-2/h27-30,32-35H,5-26,31H2,1-4H3/p+2. The van der Waals surface area contributed by atoms with Gasteiger partial charge in [0.25, 0.3) is 0 Å². The fourth-order valence-electron chi connectivity index (χ4n) is 8.17. The van der Waals surface area contributed by atoms with Crippen LogP contribution in [0.1, 0.15) is 170 Å². The lowest BCUT2D eigenvalue weighted by atomic mass is 9.75. The van der Waals surface area contributed by atoms with Gasteiger partial charge < -0.3 is 10.6 Å². The van der Waals surface area contributed by atoms with Crippen LogP contribution in [0.2, 0.25) is 0 Å². The van der Waals surface area contributed by atoms with E-state index >= 15 is 0 Å². The highest BCUT2D eigenvalue weighted by atomic mass is 16.2. The molecule has 8 heteroatoms. The van der Waals surface area contributed by atoms with E-state index in [1.807, 2.05) is 35.6 Å². The van der Waals surface area contributed by atoms with Gasteiger partial charge in [0, 0.05) is 12.1 Å². The maximum atomic E-state index is 13.3. The summed E-state index contributed by atoms with van der Waals surface area (Å²) in [4.78, 5) is 26.6. The molecule has 0 saturated heterocycles. The first-order chi connectivity index (χ1) is 22.9. The van der Waals surface area contributed by atoms with Gasteiger partial charge in [0.2, 0.25) is 0 Å². The van der Waals surface area contributed by atoms with Crippen molar-refractivity contribution < 1.29 is 18.7 Å². The van der Waals surface area contributed by atoms with E-state index in [9.17, 15) is 9.59 Å². The topological polar surface area (TPSA) is 75.8 Å². The summed E-state index contributed by atoms with van der Waals surface area (Å²) < 4.78 is 8.25. The minimum atomic E-state index is 0.0792. The predicted octanol–water partition coefficient (Wildman–Crippen LogP) is 7.33. The minimum Gasteiger partial charge on any atom is -0.343 e. The number of aromatic nitrogens is 4. The zero-order chi connectivity index (χ0) is 33.4. The van der Waals surface area contributed by atoms with E-state index in [0.29, 0.717) is 0 Å². The molecule has 2 amide bonds. The lowest BCUT2D eigenvalue weighted by Gasteiger charge is -2.34. The third-order valence-electron chi connectivity index (χ3n) is 11.1. The van der Waals surface area contributed by atoms with Crippen LogP contribution in [0.15, 0.2) is 24.8 Å². The Balaban J connectivity index is 1.13. The minimum absolute atomic E-state index is 0.0792. The van der Waals surface area contributed by atoms with Crippen molar-refractivity contribution >= 4 is 11.8 Å².